The Balaban J connectivity index is 1.56. The van der Waals surface area contributed by atoms with E-state index in [4.69, 9.17) is 4.74 Å². The average molecular weight is 370 g/mol. The second kappa shape index (κ2) is 8.76. The van der Waals surface area contributed by atoms with Crippen molar-refractivity contribution in [3.63, 3.8) is 0 Å². The quantitative estimate of drug-likeness (QED) is 0.761. The van der Waals surface area contributed by atoms with Crippen LogP contribution in [0, 0.1) is 0 Å². The number of ether oxygens (including phenoxy) is 1. The van der Waals surface area contributed by atoms with Crippen molar-refractivity contribution in [1.29, 1.82) is 0 Å². The molecular formula is C20H22N2O3S. The number of benzene rings is 2. The Kier molecular flexibility index (Phi) is 6.17. The van der Waals surface area contributed by atoms with E-state index in [1.54, 1.807) is 11.8 Å². The third-order valence-corrected chi connectivity index (χ3v) is 5.09. The van der Waals surface area contributed by atoms with Crippen LogP contribution in [0.4, 0.5) is 4.79 Å². The zero-order valence-corrected chi connectivity index (χ0v) is 15.5. The fraction of sp³-hybridized carbons (Fsp3) is 0.300. The fourth-order valence-electron chi connectivity index (χ4n) is 2.86. The molecule has 0 radical (unpaired) electrons. The molecule has 26 heavy (non-hydrogen) atoms. The number of nitrogens with one attached hydrogen (secondary N) is 1. The molecule has 2 amide bonds. The molecule has 1 aliphatic heterocycles. The molecule has 1 N–H and O–H groups in total. The van der Waals surface area contributed by atoms with Crippen LogP contribution < -0.4 is 5.32 Å². The highest BCUT2D eigenvalue weighted by Crippen LogP contribution is 2.19. The molecule has 0 unspecified atom stereocenters. The van der Waals surface area contributed by atoms with Crippen molar-refractivity contribution in [1.82, 2.24) is 10.2 Å². The fourth-order valence-corrected chi connectivity index (χ4v) is 3.27. The summed E-state index contributed by atoms with van der Waals surface area (Å²) in [5, 5.41) is 2.91. The van der Waals surface area contributed by atoms with Gasteiger partial charge in [-0.1, -0.05) is 42.5 Å². The molecule has 0 bridgehead atoms. The Morgan fingerprint density at radius 2 is 1.88 bits per heavy atom. The number of rotatable bonds is 7. The normalized spacial score (nSPS) is 16.4. The molecule has 5 nitrogen and oxygen atoms in total. The number of thioether (sulfide) groups is 1. The Morgan fingerprint density at radius 3 is 2.58 bits per heavy atom. The predicted molar refractivity (Wildman–Crippen MR) is 102 cm³/mol. The standard InChI is InChI=1S/C20H22N2O3S/c1-26-17-9-7-16(8-10-17)13-22-18(14-25-20(22)24)19(23)21-12-11-15-5-3-2-4-6-15/h2-10,18H,11-14H2,1H3,(H,21,23)/t18-/m0/s1. The summed E-state index contributed by atoms with van der Waals surface area (Å²) in [7, 11) is 0. The molecule has 1 atom stereocenters. The maximum Gasteiger partial charge on any atom is 0.410 e. The third-order valence-electron chi connectivity index (χ3n) is 4.35. The highest BCUT2D eigenvalue weighted by Gasteiger charge is 2.37. The molecule has 136 valence electrons. The maximum absolute atomic E-state index is 12.5. The summed E-state index contributed by atoms with van der Waals surface area (Å²) >= 11 is 1.66. The lowest BCUT2D eigenvalue weighted by Gasteiger charge is -2.21. The van der Waals surface area contributed by atoms with E-state index in [0.29, 0.717) is 13.1 Å². The van der Waals surface area contributed by atoms with Gasteiger partial charge in [-0.15, -0.1) is 11.8 Å². The van der Waals surface area contributed by atoms with Gasteiger partial charge in [0.2, 0.25) is 5.91 Å². The smallest absolute Gasteiger partial charge is 0.410 e. The molecule has 1 saturated heterocycles. The average Bonchev–Trinajstić information content (AvgIpc) is 3.04. The van der Waals surface area contributed by atoms with E-state index < -0.39 is 12.1 Å². The first-order valence-electron chi connectivity index (χ1n) is 8.55. The Morgan fingerprint density at radius 1 is 1.15 bits per heavy atom. The number of carbonyl (C=O) groups is 2. The van der Waals surface area contributed by atoms with Gasteiger partial charge in [0, 0.05) is 11.4 Å². The number of hydrogen-bond acceptors (Lipinski definition) is 4. The lowest BCUT2D eigenvalue weighted by atomic mass is 10.1. The molecule has 2 aromatic carbocycles. The molecule has 0 aliphatic carbocycles. The lowest BCUT2D eigenvalue weighted by Crippen LogP contribution is -2.45. The number of nitrogens with zero attached hydrogens (tertiary/aromatic N) is 1. The minimum Gasteiger partial charge on any atom is -0.447 e. The Hall–Kier alpha value is -2.47. The molecule has 0 spiro atoms. The summed E-state index contributed by atoms with van der Waals surface area (Å²) in [6.45, 7) is 0.993. The van der Waals surface area contributed by atoms with E-state index in [1.165, 1.54) is 4.90 Å². The molecule has 3 rings (SSSR count). The van der Waals surface area contributed by atoms with E-state index in [-0.39, 0.29) is 12.5 Å². The van der Waals surface area contributed by atoms with Crippen LogP contribution in [-0.2, 0) is 22.5 Å². The zero-order valence-electron chi connectivity index (χ0n) is 14.7. The number of hydrogen-bond donors (Lipinski definition) is 1. The van der Waals surface area contributed by atoms with Gasteiger partial charge in [0.05, 0.1) is 6.54 Å². The zero-order chi connectivity index (χ0) is 18.4. The summed E-state index contributed by atoms with van der Waals surface area (Å²) in [6, 6.07) is 17.4. The third kappa shape index (κ3) is 4.58. The van der Waals surface area contributed by atoms with Crippen LogP contribution in [0.2, 0.25) is 0 Å². The number of amides is 2. The van der Waals surface area contributed by atoms with E-state index in [9.17, 15) is 9.59 Å². The SMILES string of the molecule is CSc1ccc(CN2C(=O)OC[C@H]2C(=O)NCCc2ccccc2)cc1. The first-order chi connectivity index (χ1) is 12.7. The largest absolute Gasteiger partial charge is 0.447 e. The molecule has 6 heteroatoms. The molecule has 1 fully saturated rings. The van der Waals surface area contributed by atoms with Crippen molar-refractivity contribution in [2.75, 3.05) is 19.4 Å². The molecule has 0 aromatic heterocycles. The topological polar surface area (TPSA) is 58.6 Å². The van der Waals surface area contributed by atoms with Gasteiger partial charge in [0.25, 0.3) is 0 Å². The molecular weight excluding hydrogens is 348 g/mol. The van der Waals surface area contributed by atoms with Crippen molar-refractivity contribution in [3.8, 4) is 0 Å². The van der Waals surface area contributed by atoms with Crippen molar-refractivity contribution < 1.29 is 14.3 Å². The maximum atomic E-state index is 12.5. The van der Waals surface area contributed by atoms with Gasteiger partial charge in [-0.05, 0) is 35.9 Å². The van der Waals surface area contributed by atoms with Gasteiger partial charge in [-0.3, -0.25) is 9.69 Å². The monoisotopic (exact) mass is 370 g/mol. The van der Waals surface area contributed by atoms with Crippen LogP contribution in [0.5, 0.6) is 0 Å². The highest BCUT2D eigenvalue weighted by molar-refractivity contribution is 7.98. The van der Waals surface area contributed by atoms with Crippen LogP contribution in [0.25, 0.3) is 0 Å². The van der Waals surface area contributed by atoms with Gasteiger partial charge in [0.15, 0.2) is 0 Å². The van der Waals surface area contributed by atoms with Crippen LogP contribution in [0.15, 0.2) is 59.5 Å². The minimum absolute atomic E-state index is 0.0961. The summed E-state index contributed by atoms with van der Waals surface area (Å²) in [6.07, 6.45) is 2.33. The first-order valence-corrected chi connectivity index (χ1v) is 9.78. The van der Waals surface area contributed by atoms with Gasteiger partial charge in [0.1, 0.15) is 12.6 Å². The summed E-state index contributed by atoms with van der Waals surface area (Å²) in [5.74, 6) is -0.174. The minimum atomic E-state index is -0.585. The Labute approximate surface area is 157 Å². The predicted octanol–water partition coefficient (Wildman–Crippen LogP) is 3.09. The van der Waals surface area contributed by atoms with Gasteiger partial charge in [-0.25, -0.2) is 4.79 Å². The molecule has 1 aliphatic rings. The summed E-state index contributed by atoms with van der Waals surface area (Å²) < 4.78 is 5.10. The van der Waals surface area contributed by atoms with Crippen molar-refractivity contribution in [2.24, 2.45) is 0 Å². The van der Waals surface area contributed by atoms with Crippen LogP contribution >= 0.6 is 11.8 Å². The van der Waals surface area contributed by atoms with E-state index in [1.807, 2.05) is 60.9 Å². The highest BCUT2D eigenvalue weighted by atomic mass is 32.2. The van der Waals surface area contributed by atoms with Crippen molar-refractivity contribution in [2.45, 2.75) is 23.9 Å². The van der Waals surface area contributed by atoms with Crippen molar-refractivity contribution in [3.05, 3.63) is 65.7 Å². The first kappa shape index (κ1) is 18.3. The van der Waals surface area contributed by atoms with Crippen molar-refractivity contribution >= 4 is 23.8 Å². The van der Waals surface area contributed by atoms with Gasteiger partial charge < -0.3 is 10.1 Å². The molecule has 1 heterocycles. The van der Waals surface area contributed by atoms with Crippen LogP contribution in [0.1, 0.15) is 11.1 Å². The second-order valence-corrected chi connectivity index (χ2v) is 6.97. The van der Waals surface area contributed by atoms with Crippen LogP contribution in [0.3, 0.4) is 0 Å². The summed E-state index contributed by atoms with van der Waals surface area (Å²) in [4.78, 5) is 27.2. The van der Waals surface area contributed by atoms with E-state index >= 15 is 0 Å². The molecule has 0 saturated carbocycles. The number of cyclic esters (lactones) is 1. The Bertz CT molecular complexity index is 749. The van der Waals surface area contributed by atoms with E-state index in [2.05, 4.69) is 5.32 Å². The van der Waals surface area contributed by atoms with Gasteiger partial charge >= 0.3 is 6.09 Å². The number of carbonyl (C=O) groups excluding carboxylic acids is 2. The van der Waals surface area contributed by atoms with Gasteiger partial charge in [-0.2, -0.15) is 0 Å². The lowest BCUT2D eigenvalue weighted by molar-refractivity contribution is -0.124. The summed E-state index contributed by atoms with van der Waals surface area (Å²) in [5.41, 5.74) is 2.14. The molecule has 2 aromatic rings. The van der Waals surface area contributed by atoms with E-state index in [0.717, 1.165) is 22.4 Å². The second-order valence-electron chi connectivity index (χ2n) is 6.10. The van der Waals surface area contributed by atoms with Crippen LogP contribution in [-0.4, -0.2) is 42.3 Å².